The van der Waals surface area contributed by atoms with E-state index >= 15 is 0 Å². The topological polar surface area (TPSA) is 52.6 Å². The van der Waals surface area contributed by atoms with Gasteiger partial charge in [0.1, 0.15) is 11.7 Å². The van der Waals surface area contributed by atoms with Gasteiger partial charge in [0.2, 0.25) is 0 Å². The second-order valence-corrected chi connectivity index (χ2v) is 9.69. The van der Waals surface area contributed by atoms with Crippen LogP contribution in [0.1, 0.15) is 142 Å². The quantitative estimate of drug-likeness (QED) is 0.192. The van der Waals surface area contributed by atoms with Crippen molar-refractivity contribution in [3.8, 4) is 0 Å². The Morgan fingerprint density at radius 3 is 2.00 bits per heavy atom. The van der Waals surface area contributed by atoms with E-state index in [-0.39, 0.29) is 23.6 Å². The standard InChI is InChI=1S/C26H46O4/c1-2-3-4-5-6-9-12-20-26(22-15-19-25(28)30-26)21-13-10-7-8-11-16-23-17-14-18-24(27)29-23/h23H,2-22H2,1H3. The predicted octanol–water partition coefficient (Wildman–Crippen LogP) is 7.42. The molecule has 2 heterocycles. The van der Waals surface area contributed by atoms with Gasteiger partial charge in [-0.3, -0.25) is 9.59 Å². The van der Waals surface area contributed by atoms with Gasteiger partial charge in [0.25, 0.3) is 0 Å². The summed E-state index contributed by atoms with van der Waals surface area (Å²) in [5.41, 5.74) is -0.172. The van der Waals surface area contributed by atoms with Crippen LogP contribution in [-0.2, 0) is 19.1 Å². The summed E-state index contributed by atoms with van der Waals surface area (Å²) in [6.07, 6.45) is 23.7. The molecule has 2 fully saturated rings. The zero-order chi connectivity index (χ0) is 21.5. The van der Waals surface area contributed by atoms with Gasteiger partial charge in [0, 0.05) is 12.8 Å². The van der Waals surface area contributed by atoms with Crippen LogP contribution >= 0.6 is 0 Å². The van der Waals surface area contributed by atoms with Crippen LogP contribution in [0.15, 0.2) is 0 Å². The molecule has 0 aromatic carbocycles. The lowest BCUT2D eigenvalue weighted by Crippen LogP contribution is -2.38. The van der Waals surface area contributed by atoms with E-state index in [1.165, 1.54) is 64.2 Å². The van der Waals surface area contributed by atoms with E-state index in [9.17, 15) is 9.59 Å². The summed E-state index contributed by atoms with van der Waals surface area (Å²) in [6, 6.07) is 0. The average Bonchev–Trinajstić information content (AvgIpc) is 2.72. The van der Waals surface area contributed by atoms with Gasteiger partial charge in [-0.15, -0.1) is 0 Å². The van der Waals surface area contributed by atoms with Crippen molar-refractivity contribution in [1.29, 1.82) is 0 Å². The molecule has 4 nitrogen and oxygen atoms in total. The number of esters is 2. The maximum atomic E-state index is 12.0. The number of cyclic esters (lactones) is 2. The Morgan fingerprint density at radius 2 is 1.37 bits per heavy atom. The highest BCUT2D eigenvalue weighted by Gasteiger charge is 2.36. The number of unbranched alkanes of at least 4 members (excludes halogenated alkanes) is 10. The molecule has 0 amide bonds. The molecule has 0 N–H and O–H groups in total. The lowest BCUT2D eigenvalue weighted by atomic mass is 9.83. The largest absolute Gasteiger partial charge is 0.462 e. The molecule has 2 saturated heterocycles. The first-order valence-electron chi connectivity index (χ1n) is 13.0. The van der Waals surface area contributed by atoms with Gasteiger partial charge < -0.3 is 9.47 Å². The fraction of sp³-hybridized carbons (Fsp3) is 0.923. The van der Waals surface area contributed by atoms with Gasteiger partial charge >= 0.3 is 11.9 Å². The Balaban J connectivity index is 1.57. The van der Waals surface area contributed by atoms with Crippen LogP contribution in [0.3, 0.4) is 0 Å². The smallest absolute Gasteiger partial charge is 0.306 e. The molecule has 0 aromatic heterocycles. The SMILES string of the molecule is CCCCCCCCCC1(CCCCCCCC2CCCC(=O)O2)CCCC(=O)O1. The van der Waals surface area contributed by atoms with E-state index in [1.54, 1.807) is 0 Å². The van der Waals surface area contributed by atoms with Gasteiger partial charge in [-0.05, 0) is 64.2 Å². The molecular formula is C26H46O4. The maximum absolute atomic E-state index is 12.0. The van der Waals surface area contributed by atoms with Crippen LogP contribution < -0.4 is 0 Å². The third kappa shape index (κ3) is 10.3. The predicted molar refractivity (Wildman–Crippen MR) is 121 cm³/mol. The van der Waals surface area contributed by atoms with Gasteiger partial charge in [-0.25, -0.2) is 0 Å². The monoisotopic (exact) mass is 422 g/mol. The summed E-state index contributed by atoms with van der Waals surface area (Å²) in [4.78, 5) is 23.3. The molecule has 0 saturated carbocycles. The molecule has 2 rings (SSSR count). The molecule has 0 aliphatic carbocycles. The Bertz CT molecular complexity index is 489. The molecule has 0 bridgehead atoms. The zero-order valence-electron chi connectivity index (χ0n) is 19.6. The summed E-state index contributed by atoms with van der Waals surface area (Å²) in [5.74, 6) is 0.00533. The van der Waals surface area contributed by atoms with Crippen molar-refractivity contribution in [3.05, 3.63) is 0 Å². The number of carbonyl (C=O) groups excluding carboxylic acids is 2. The maximum Gasteiger partial charge on any atom is 0.306 e. The lowest BCUT2D eigenvalue weighted by Gasteiger charge is -2.37. The van der Waals surface area contributed by atoms with Gasteiger partial charge in [0.05, 0.1) is 0 Å². The van der Waals surface area contributed by atoms with Crippen molar-refractivity contribution in [3.63, 3.8) is 0 Å². The molecule has 2 aliphatic rings. The first-order valence-corrected chi connectivity index (χ1v) is 13.0. The van der Waals surface area contributed by atoms with E-state index in [2.05, 4.69) is 6.92 Å². The number of hydrogen-bond donors (Lipinski definition) is 0. The molecule has 2 aliphatic heterocycles. The zero-order valence-corrected chi connectivity index (χ0v) is 19.6. The highest BCUT2D eigenvalue weighted by Crippen LogP contribution is 2.36. The molecule has 0 spiro atoms. The molecule has 4 heteroatoms. The Morgan fingerprint density at radius 1 is 0.767 bits per heavy atom. The molecule has 0 aromatic rings. The van der Waals surface area contributed by atoms with Crippen LogP contribution in [0, 0.1) is 0 Å². The second-order valence-electron chi connectivity index (χ2n) is 9.69. The second kappa shape index (κ2) is 14.9. The van der Waals surface area contributed by atoms with Crippen LogP contribution in [0.25, 0.3) is 0 Å². The molecular weight excluding hydrogens is 376 g/mol. The van der Waals surface area contributed by atoms with Crippen molar-refractivity contribution < 1.29 is 19.1 Å². The van der Waals surface area contributed by atoms with E-state index in [1.807, 2.05) is 0 Å². The molecule has 30 heavy (non-hydrogen) atoms. The van der Waals surface area contributed by atoms with Crippen LogP contribution in [0.2, 0.25) is 0 Å². The van der Waals surface area contributed by atoms with Crippen molar-refractivity contribution in [2.75, 3.05) is 0 Å². The highest BCUT2D eigenvalue weighted by molar-refractivity contribution is 5.70. The number of hydrogen-bond acceptors (Lipinski definition) is 4. The lowest BCUT2D eigenvalue weighted by molar-refractivity contribution is -0.169. The fourth-order valence-corrected chi connectivity index (χ4v) is 5.11. The molecule has 2 unspecified atom stereocenters. The van der Waals surface area contributed by atoms with E-state index in [0.29, 0.717) is 12.8 Å². The Labute approximate surface area is 184 Å². The number of rotatable bonds is 16. The van der Waals surface area contributed by atoms with Crippen LogP contribution in [0.4, 0.5) is 0 Å². The summed E-state index contributed by atoms with van der Waals surface area (Å²) in [7, 11) is 0. The first kappa shape index (κ1) is 25.2. The summed E-state index contributed by atoms with van der Waals surface area (Å²) in [5, 5.41) is 0. The van der Waals surface area contributed by atoms with Gasteiger partial charge in [-0.2, -0.15) is 0 Å². The van der Waals surface area contributed by atoms with Crippen LogP contribution in [0.5, 0.6) is 0 Å². The minimum atomic E-state index is -0.172. The fourth-order valence-electron chi connectivity index (χ4n) is 5.11. The minimum absolute atomic E-state index is 0.0143. The normalized spacial score (nSPS) is 24.5. The Hall–Kier alpha value is -1.06. The average molecular weight is 423 g/mol. The van der Waals surface area contributed by atoms with Crippen LogP contribution in [-0.4, -0.2) is 23.6 Å². The molecule has 174 valence electrons. The molecule has 2 atom stereocenters. The number of ether oxygens (including phenoxy) is 2. The van der Waals surface area contributed by atoms with E-state index in [0.717, 1.165) is 57.8 Å². The third-order valence-corrected chi connectivity index (χ3v) is 6.94. The highest BCUT2D eigenvalue weighted by atomic mass is 16.6. The third-order valence-electron chi connectivity index (χ3n) is 6.94. The molecule has 0 radical (unpaired) electrons. The van der Waals surface area contributed by atoms with Crippen molar-refractivity contribution in [2.24, 2.45) is 0 Å². The Kier molecular flexibility index (Phi) is 12.5. The van der Waals surface area contributed by atoms with Gasteiger partial charge in [0.15, 0.2) is 0 Å². The van der Waals surface area contributed by atoms with Crippen molar-refractivity contribution in [1.82, 2.24) is 0 Å². The summed E-state index contributed by atoms with van der Waals surface area (Å²) < 4.78 is 11.4. The van der Waals surface area contributed by atoms with Crippen molar-refractivity contribution in [2.45, 2.75) is 153 Å². The van der Waals surface area contributed by atoms with Crippen molar-refractivity contribution >= 4 is 11.9 Å². The number of carbonyl (C=O) groups is 2. The first-order chi connectivity index (χ1) is 14.6. The summed E-state index contributed by atoms with van der Waals surface area (Å²) >= 11 is 0. The van der Waals surface area contributed by atoms with E-state index < -0.39 is 0 Å². The summed E-state index contributed by atoms with van der Waals surface area (Å²) in [6.45, 7) is 2.26. The van der Waals surface area contributed by atoms with Gasteiger partial charge in [-0.1, -0.05) is 64.7 Å². The minimum Gasteiger partial charge on any atom is -0.462 e. The van der Waals surface area contributed by atoms with E-state index in [4.69, 9.17) is 9.47 Å².